The van der Waals surface area contributed by atoms with Crippen molar-refractivity contribution in [1.82, 2.24) is 9.62 Å². The van der Waals surface area contributed by atoms with E-state index < -0.39 is 10.0 Å². The molecule has 2 rings (SSSR count). The zero-order chi connectivity index (χ0) is 16.2. The second kappa shape index (κ2) is 8.73. The van der Waals surface area contributed by atoms with E-state index in [0.717, 1.165) is 19.4 Å². The lowest BCUT2D eigenvalue weighted by Gasteiger charge is -2.31. The number of rotatable bonds is 6. The van der Waals surface area contributed by atoms with Crippen LogP contribution in [0.15, 0.2) is 23.1 Å². The number of hydrogen-bond acceptors (Lipinski definition) is 5. The van der Waals surface area contributed by atoms with Crippen LogP contribution >= 0.6 is 12.4 Å². The van der Waals surface area contributed by atoms with Crippen molar-refractivity contribution in [3.63, 3.8) is 0 Å². The van der Waals surface area contributed by atoms with Gasteiger partial charge in [0.2, 0.25) is 10.0 Å². The fraction of sp³-hybridized carbons (Fsp3) is 0.600. The highest BCUT2D eigenvalue weighted by molar-refractivity contribution is 7.89. The number of sulfonamides is 1. The summed E-state index contributed by atoms with van der Waals surface area (Å²) in [5.41, 5.74) is 0. The van der Waals surface area contributed by atoms with E-state index in [1.807, 2.05) is 7.05 Å². The molecule has 8 heteroatoms. The van der Waals surface area contributed by atoms with Crippen molar-refractivity contribution in [2.45, 2.75) is 17.7 Å². The molecule has 1 aromatic rings. The molecule has 1 saturated heterocycles. The van der Waals surface area contributed by atoms with Gasteiger partial charge in [-0.25, -0.2) is 8.42 Å². The molecule has 0 saturated carbocycles. The summed E-state index contributed by atoms with van der Waals surface area (Å²) in [6.45, 7) is 2.03. The van der Waals surface area contributed by atoms with Crippen LogP contribution in [0.3, 0.4) is 0 Å². The first-order valence-electron chi connectivity index (χ1n) is 7.39. The van der Waals surface area contributed by atoms with E-state index in [-0.39, 0.29) is 17.3 Å². The summed E-state index contributed by atoms with van der Waals surface area (Å²) < 4.78 is 37.4. The van der Waals surface area contributed by atoms with Crippen LogP contribution < -0.4 is 14.8 Å². The first-order valence-corrected chi connectivity index (χ1v) is 8.83. The molecule has 0 spiro atoms. The minimum atomic E-state index is -3.51. The van der Waals surface area contributed by atoms with Crippen LogP contribution in [-0.4, -0.2) is 53.6 Å². The fourth-order valence-electron chi connectivity index (χ4n) is 2.72. The van der Waals surface area contributed by atoms with E-state index in [4.69, 9.17) is 9.47 Å². The molecule has 0 bridgehead atoms. The summed E-state index contributed by atoms with van der Waals surface area (Å²) in [7, 11) is 1.43. The highest BCUT2D eigenvalue weighted by Crippen LogP contribution is 2.29. The van der Waals surface area contributed by atoms with Crippen LogP contribution in [0.1, 0.15) is 12.8 Å². The number of piperidine rings is 1. The monoisotopic (exact) mass is 364 g/mol. The number of benzene rings is 1. The Balaban J connectivity index is 0.00000264. The number of nitrogens with zero attached hydrogens (tertiary/aromatic N) is 1. The van der Waals surface area contributed by atoms with Crippen LogP contribution in [0.25, 0.3) is 0 Å². The second-order valence-corrected chi connectivity index (χ2v) is 7.39. The van der Waals surface area contributed by atoms with Gasteiger partial charge in [0.1, 0.15) is 11.5 Å². The molecule has 0 radical (unpaired) electrons. The largest absolute Gasteiger partial charge is 0.497 e. The highest BCUT2D eigenvalue weighted by atomic mass is 35.5. The smallest absolute Gasteiger partial charge is 0.243 e. The van der Waals surface area contributed by atoms with Crippen LogP contribution in [-0.2, 0) is 10.0 Å². The summed E-state index contributed by atoms with van der Waals surface area (Å²) in [5, 5.41) is 3.15. The van der Waals surface area contributed by atoms with Gasteiger partial charge in [-0.3, -0.25) is 0 Å². The maximum Gasteiger partial charge on any atom is 0.243 e. The van der Waals surface area contributed by atoms with Crippen LogP contribution in [0.5, 0.6) is 11.5 Å². The Morgan fingerprint density at radius 3 is 2.09 bits per heavy atom. The van der Waals surface area contributed by atoms with Crippen molar-refractivity contribution in [3.05, 3.63) is 18.2 Å². The quantitative estimate of drug-likeness (QED) is 0.832. The molecule has 1 N–H and O–H groups in total. The van der Waals surface area contributed by atoms with E-state index in [9.17, 15) is 8.42 Å². The molecule has 0 aliphatic carbocycles. The van der Waals surface area contributed by atoms with Crippen molar-refractivity contribution < 1.29 is 17.9 Å². The van der Waals surface area contributed by atoms with E-state index >= 15 is 0 Å². The maximum atomic E-state index is 12.8. The van der Waals surface area contributed by atoms with E-state index in [1.54, 1.807) is 10.4 Å². The van der Waals surface area contributed by atoms with Crippen molar-refractivity contribution in [2.24, 2.45) is 5.92 Å². The fourth-order valence-corrected chi connectivity index (χ4v) is 4.24. The molecule has 1 aliphatic rings. The molecule has 1 fully saturated rings. The Morgan fingerprint density at radius 1 is 1.13 bits per heavy atom. The molecule has 1 aromatic carbocycles. The third kappa shape index (κ3) is 4.73. The number of halogens is 1. The second-order valence-electron chi connectivity index (χ2n) is 5.45. The molecule has 0 aromatic heterocycles. The van der Waals surface area contributed by atoms with Crippen molar-refractivity contribution in [3.8, 4) is 11.5 Å². The Bertz CT molecular complexity index is 579. The minimum absolute atomic E-state index is 0. The summed E-state index contributed by atoms with van der Waals surface area (Å²) in [5.74, 6) is 1.49. The lowest BCUT2D eigenvalue weighted by Crippen LogP contribution is -2.40. The predicted octanol–water partition coefficient (Wildman–Crippen LogP) is 1.75. The summed E-state index contributed by atoms with van der Waals surface area (Å²) in [6.07, 6.45) is 1.75. The number of methoxy groups -OCH3 is 2. The van der Waals surface area contributed by atoms with Gasteiger partial charge >= 0.3 is 0 Å². The molecule has 6 nitrogen and oxygen atoms in total. The third-order valence-corrected chi connectivity index (χ3v) is 5.91. The number of ether oxygens (including phenoxy) is 2. The van der Waals surface area contributed by atoms with Gasteiger partial charge in [0.15, 0.2) is 0 Å². The van der Waals surface area contributed by atoms with Gasteiger partial charge < -0.3 is 14.8 Å². The van der Waals surface area contributed by atoms with Crippen molar-refractivity contribution >= 4 is 22.4 Å². The zero-order valence-corrected chi connectivity index (χ0v) is 15.4. The molecule has 0 atom stereocenters. The Morgan fingerprint density at radius 2 is 1.65 bits per heavy atom. The molecule has 132 valence electrons. The zero-order valence-electron chi connectivity index (χ0n) is 13.7. The van der Waals surface area contributed by atoms with Crippen LogP contribution in [0.2, 0.25) is 0 Å². The number of hydrogen-bond donors (Lipinski definition) is 1. The molecular weight excluding hydrogens is 340 g/mol. The Kier molecular flexibility index (Phi) is 7.60. The Hall–Kier alpha value is -1.02. The van der Waals surface area contributed by atoms with E-state index in [2.05, 4.69) is 5.32 Å². The third-order valence-electron chi connectivity index (χ3n) is 4.03. The van der Waals surface area contributed by atoms with Crippen molar-refractivity contribution in [2.75, 3.05) is 40.9 Å². The van der Waals surface area contributed by atoms with Gasteiger partial charge in [-0.15, -0.1) is 12.4 Å². The summed E-state index contributed by atoms with van der Waals surface area (Å²) in [6, 6.07) is 4.74. The van der Waals surface area contributed by atoms with E-state index in [1.165, 1.54) is 26.4 Å². The molecule has 1 heterocycles. The minimum Gasteiger partial charge on any atom is -0.497 e. The average molecular weight is 365 g/mol. The van der Waals surface area contributed by atoms with Crippen LogP contribution in [0.4, 0.5) is 0 Å². The maximum absolute atomic E-state index is 12.8. The normalized spacial score (nSPS) is 16.7. The lowest BCUT2D eigenvalue weighted by atomic mass is 9.98. The Labute approximate surface area is 144 Å². The van der Waals surface area contributed by atoms with Gasteiger partial charge in [0.25, 0.3) is 0 Å². The standard InChI is InChI=1S/C15H24N2O4S.ClH/c1-16-11-12-4-6-17(7-5-12)22(18,19)15-9-13(20-2)8-14(10-15)21-3;/h8-10,12,16H,4-7,11H2,1-3H3;1H. The molecule has 0 unspecified atom stereocenters. The van der Waals surface area contributed by atoms with Gasteiger partial charge in [0.05, 0.1) is 19.1 Å². The SMILES string of the molecule is CNCC1CCN(S(=O)(=O)c2cc(OC)cc(OC)c2)CC1.Cl. The van der Waals surface area contributed by atoms with Gasteiger partial charge in [-0.2, -0.15) is 4.31 Å². The topological polar surface area (TPSA) is 67.9 Å². The number of nitrogens with one attached hydrogen (secondary N) is 1. The first-order chi connectivity index (χ1) is 10.5. The van der Waals surface area contributed by atoms with Gasteiger partial charge in [0, 0.05) is 31.3 Å². The predicted molar refractivity (Wildman–Crippen MR) is 92.2 cm³/mol. The van der Waals surface area contributed by atoms with Crippen molar-refractivity contribution in [1.29, 1.82) is 0 Å². The van der Waals surface area contributed by atoms with Gasteiger partial charge in [-0.1, -0.05) is 0 Å². The van der Waals surface area contributed by atoms with Gasteiger partial charge in [-0.05, 0) is 32.4 Å². The highest BCUT2D eigenvalue weighted by Gasteiger charge is 2.29. The van der Waals surface area contributed by atoms with E-state index in [0.29, 0.717) is 30.5 Å². The molecular formula is C15H25ClN2O4S. The van der Waals surface area contributed by atoms with Crippen LogP contribution in [0, 0.1) is 5.92 Å². The average Bonchev–Trinajstić information content (AvgIpc) is 2.55. The molecule has 1 aliphatic heterocycles. The summed E-state index contributed by atoms with van der Waals surface area (Å²) >= 11 is 0. The first kappa shape index (κ1) is 20.0. The summed E-state index contributed by atoms with van der Waals surface area (Å²) in [4.78, 5) is 0.218. The molecule has 23 heavy (non-hydrogen) atoms. The molecule has 0 amide bonds. The lowest BCUT2D eigenvalue weighted by molar-refractivity contribution is 0.270.